The molecule has 0 spiro atoms. The first-order chi connectivity index (χ1) is 11.3. The molecule has 122 valence electrons. The Labute approximate surface area is 140 Å². The Kier molecular flexibility index (Phi) is 7.38. The summed E-state index contributed by atoms with van der Waals surface area (Å²) in [6.45, 7) is 4.85. The van der Waals surface area contributed by atoms with E-state index in [0.29, 0.717) is 6.61 Å². The van der Waals surface area contributed by atoms with E-state index in [4.69, 9.17) is 4.74 Å². The van der Waals surface area contributed by atoms with Gasteiger partial charge in [-0.05, 0) is 55.7 Å². The van der Waals surface area contributed by atoms with Gasteiger partial charge in [0.25, 0.3) is 0 Å². The molecule has 2 heteroatoms. The van der Waals surface area contributed by atoms with E-state index < -0.39 is 0 Å². The van der Waals surface area contributed by atoms with Gasteiger partial charge in [0.1, 0.15) is 12.4 Å². The second-order valence-corrected chi connectivity index (χ2v) is 5.77. The third-order valence-corrected chi connectivity index (χ3v) is 3.88. The Bertz CT molecular complexity index is 584. The fraction of sp³-hybridized carbons (Fsp3) is 0.381. The van der Waals surface area contributed by atoms with Crippen molar-refractivity contribution in [3.05, 3.63) is 60.3 Å². The third-order valence-electron chi connectivity index (χ3n) is 3.88. The van der Waals surface area contributed by atoms with Crippen LogP contribution < -0.4 is 4.74 Å². The number of allylic oxidation sites excluding steroid dienone is 1. The highest BCUT2D eigenvalue weighted by Gasteiger charge is 2.01. The lowest BCUT2D eigenvalue weighted by Gasteiger charge is -2.06. The highest BCUT2D eigenvalue weighted by atomic mass is 16.5. The molecular formula is C21H27NO. The van der Waals surface area contributed by atoms with E-state index in [1.54, 1.807) is 0 Å². The van der Waals surface area contributed by atoms with Gasteiger partial charge < -0.3 is 4.74 Å². The molecule has 2 nitrogen and oxygen atoms in total. The summed E-state index contributed by atoms with van der Waals surface area (Å²) in [4.78, 5) is 4.60. The molecule has 0 N–H and O–H groups in total. The van der Waals surface area contributed by atoms with Crippen molar-refractivity contribution in [1.82, 2.24) is 4.98 Å². The van der Waals surface area contributed by atoms with Crippen LogP contribution in [0.3, 0.4) is 0 Å². The maximum atomic E-state index is 5.61. The molecule has 0 saturated carbocycles. The maximum absolute atomic E-state index is 5.61. The van der Waals surface area contributed by atoms with Gasteiger partial charge in [-0.1, -0.05) is 44.4 Å². The van der Waals surface area contributed by atoms with Crippen LogP contribution in [0.5, 0.6) is 5.75 Å². The van der Waals surface area contributed by atoms with Crippen molar-refractivity contribution in [3.63, 3.8) is 0 Å². The van der Waals surface area contributed by atoms with Gasteiger partial charge in [-0.25, -0.2) is 0 Å². The standard InChI is InChI=1S/C21H27NO/c1-3-5-7-8-9-18-10-15-21(22-17-18)19-11-13-20(14-12-19)23-16-6-4-2/h4,6,10-15,17H,3,5,7-9,16H2,1-2H3. The zero-order chi connectivity index (χ0) is 16.3. The number of hydrogen-bond donors (Lipinski definition) is 0. The summed E-state index contributed by atoms with van der Waals surface area (Å²) >= 11 is 0. The number of pyridine rings is 1. The van der Waals surface area contributed by atoms with E-state index in [1.807, 2.05) is 37.4 Å². The van der Waals surface area contributed by atoms with E-state index in [0.717, 1.165) is 23.4 Å². The van der Waals surface area contributed by atoms with Gasteiger partial charge in [-0.2, -0.15) is 0 Å². The summed E-state index contributed by atoms with van der Waals surface area (Å²) in [5, 5.41) is 0. The van der Waals surface area contributed by atoms with Crippen molar-refractivity contribution < 1.29 is 4.74 Å². The number of ether oxygens (including phenoxy) is 1. The van der Waals surface area contributed by atoms with Crippen molar-refractivity contribution >= 4 is 0 Å². The first-order valence-electron chi connectivity index (χ1n) is 8.62. The summed E-state index contributed by atoms with van der Waals surface area (Å²) in [6, 6.07) is 12.4. The average molecular weight is 309 g/mol. The Hall–Kier alpha value is -2.09. The molecule has 0 aliphatic carbocycles. The molecule has 2 rings (SSSR count). The zero-order valence-electron chi connectivity index (χ0n) is 14.3. The normalized spacial score (nSPS) is 11.0. The molecule has 23 heavy (non-hydrogen) atoms. The van der Waals surface area contributed by atoms with Crippen LogP contribution in [0.2, 0.25) is 0 Å². The SMILES string of the molecule is CC=CCOc1ccc(-c2ccc(CCCCCC)cn2)cc1. The molecule has 0 bridgehead atoms. The number of nitrogens with zero attached hydrogens (tertiary/aromatic N) is 1. The summed E-state index contributed by atoms with van der Waals surface area (Å²) < 4.78 is 5.61. The second-order valence-electron chi connectivity index (χ2n) is 5.77. The van der Waals surface area contributed by atoms with E-state index >= 15 is 0 Å². The summed E-state index contributed by atoms with van der Waals surface area (Å²) in [7, 11) is 0. The van der Waals surface area contributed by atoms with Crippen LogP contribution >= 0.6 is 0 Å². The molecule has 1 aromatic carbocycles. The highest BCUT2D eigenvalue weighted by Crippen LogP contribution is 2.21. The minimum atomic E-state index is 0.612. The molecule has 1 heterocycles. The van der Waals surface area contributed by atoms with Gasteiger partial charge in [0, 0.05) is 11.8 Å². The molecule has 0 saturated heterocycles. The quantitative estimate of drug-likeness (QED) is 0.429. The van der Waals surface area contributed by atoms with Crippen molar-refractivity contribution in [2.75, 3.05) is 6.61 Å². The van der Waals surface area contributed by atoms with Crippen molar-refractivity contribution in [3.8, 4) is 17.0 Å². The molecule has 0 fully saturated rings. The number of unbranched alkanes of at least 4 members (excludes halogenated alkanes) is 3. The van der Waals surface area contributed by atoms with Crippen LogP contribution in [-0.4, -0.2) is 11.6 Å². The van der Waals surface area contributed by atoms with Gasteiger partial charge in [0.2, 0.25) is 0 Å². The third kappa shape index (κ3) is 5.90. The predicted molar refractivity (Wildman–Crippen MR) is 97.8 cm³/mol. The minimum Gasteiger partial charge on any atom is -0.490 e. The second kappa shape index (κ2) is 9.83. The molecule has 0 aliphatic rings. The molecular weight excluding hydrogens is 282 g/mol. The lowest BCUT2D eigenvalue weighted by Crippen LogP contribution is -1.93. The summed E-state index contributed by atoms with van der Waals surface area (Å²) in [5.74, 6) is 0.888. The van der Waals surface area contributed by atoms with E-state index in [1.165, 1.54) is 31.2 Å². The lowest BCUT2D eigenvalue weighted by molar-refractivity contribution is 0.363. The van der Waals surface area contributed by atoms with Gasteiger partial charge in [0.05, 0.1) is 5.69 Å². The van der Waals surface area contributed by atoms with Gasteiger partial charge >= 0.3 is 0 Å². The zero-order valence-corrected chi connectivity index (χ0v) is 14.3. The first kappa shape index (κ1) is 17.3. The summed E-state index contributed by atoms with van der Waals surface area (Å²) in [6.07, 6.45) is 12.3. The Morgan fingerprint density at radius 2 is 1.83 bits per heavy atom. The largest absolute Gasteiger partial charge is 0.490 e. The van der Waals surface area contributed by atoms with E-state index in [2.05, 4.69) is 36.2 Å². The number of aryl methyl sites for hydroxylation is 1. The number of hydrogen-bond acceptors (Lipinski definition) is 2. The highest BCUT2D eigenvalue weighted by molar-refractivity contribution is 5.60. The molecule has 2 aromatic rings. The Morgan fingerprint density at radius 3 is 2.48 bits per heavy atom. The topological polar surface area (TPSA) is 22.1 Å². The van der Waals surface area contributed by atoms with Crippen LogP contribution in [0.4, 0.5) is 0 Å². The van der Waals surface area contributed by atoms with Crippen LogP contribution in [0.1, 0.15) is 45.1 Å². The monoisotopic (exact) mass is 309 g/mol. The first-order valence-corrected chi connectivity index (χ1v) is 8.62. The molecule has 0 amide bonds. The number of aromatic nitrogens is 1. The number of rotatable bonds is 9. The van der Waals surface area contributed by atoms with Crippen molar-refractivity contribution in [1.29, 1.82) is 0 Å². The van der Waals surface area contributed by atoms with Crippen LogP contribution in [0.15, 0.2) is 54.7 Å². The maximum Gasteiger partial charge on any atom is 0.119 e. The lowest BCUT2D eigenvalue weighted by atomic mass is 10.1. The van der Waals surface area contributed by atoms with Crippen molar-refractivity contribution in [2.24, 2.45) is 0 Å². The molecule has 0 unspecified atom stereocenters. The molecule has 0 radical (unpaired) electrons. The molecule has 0 aliphatic heterocycles. The predicted octanol–water partition coefficient (Wildman–Crippen LogP) is 5.83. The number of benzene rings is 1. The summed E-state index contributed by atoms with van der Waals surface area (Å²) in [5.41, 5.74) is 3.47. The van der Waals surface area contributed by atoms with Crippen LogP contribution in [0, 0.1) is 0 Å². The molecule has 1 aromatic heterocycles. The van der Waals surface area contributed by atoms with E-state index in [-0.39, 0.29) is 0 Å². The van der Waals surface area contributed by atoms with E-state index in [9.17, 15) is 0 Å². The fourth-order valence-electron chi connectivity index (χ4n) is 2.46. The Morgan fingerprint density at radius 1 is 1.00 bits per heavy atom. The van der Waals surface area contributed by atoms with Crippen LogP contribution in [0.25, 0.3) is 11.3 Å². The fourth-order valence-corrected chi connectivity index (χ4v) is 2.46. The average Bonchev–Trinajstić information content (AvgIpc) is 2.60. The molecule has 0 atom stereocenters. The Balaban J connectivity index is 1.91. The van der Waals surface area contributed by atoms with Gasteiger partial charge in [-0.15, -0.1) is 0 Å². The van der Waals surface area contributed by atoms with Crippen LogP contribution in [-0.2, 0) is 6.42 Å². The smallest absolute Gasteiger partial charge is 0.119 e. The van der Waals surface area contributed by atoms with Gasteiger partial charge in [-0.3, -0.25) is 4.98 Å². The minimum absolute atomic E-state index is 0.612. The van der Waals surface area contributed by atoms with Gasteiger partial charge in [0.15, 0.2) is 0 Å². The van der Waals surface area contributed by atoms with Crippen molar-refractivity contribution in [2.45, 2.75) is 46.0 Å².